The van der Waals surface area contributed by atoms with Crippen LogP contribution >= 0.6 is 11.6 Å². The van der Waals surface area contributed by atoms with Crippen molar-refractivity contribution in [3.63, 3.8) is 0 Å². The maximum Gasteiger partial charge on any atom is 0.255 e. The number of nitrogens with one attached hydrogen (secondary N) is 1. The highest BCUT2D eigenvalue weighted by molar-refractivity contribution is 6.34. The van der Waals surface area contributed by atoms with E-state index in [4.69, 9.17) is 11.6 Å². The average molecular weight is 358 g/mol. The van der Waals surface area contributed by atoms with Gasteiger partial charge in [-0.05, 0) is 48.4 Å². The maximum absolute atomic E-state index is 14.2. The predicted octanol–water partition coefficient (Wildman–Crippen LogP) is 4.82. The summed E-state index contributed by atoms with van der Waals surface area (Å²) < 4.78 is 14.2. The molecule has 0 saturated heterocycles. The zero-order valence-corrected chi connectivity index (χ0v) is 14.4. The second kappa shape index (κ2) is 8.94. The first-order valence-corrected chi connectivity index (χ1v) is 8.10. The van der Waals surface area contributed by atoms with Crippen molar-refractivity contribution in [2.75, 3.05) is 5.32 Å². The molecule has 0 spiro atoms. The Bertz CT molecular complexity index is 843. The van der Waals surface area contributed by atoms with Gasteiger partial charge in [-0.2, -0.15) is 0 Å². The van der Waals surface area contributed by atoms with Crippen molar-refractivity contribution >= 4 is 35.6 Å². The van der Waals surface area contributed by atoms with Gasteiger partial charge in [-0.1, -0.05) is 42.8 Å². The molecule has 0 fully saturated rings. The van der Waals surface area contributed by atoms with Crippen LogP contribution in [0.2, 0.25) is 5.02 Å². The van der Waals surface area contributed by atoms with Crippen molar-refractivity contribution in [2.45, 2.75) is 13.3 Å². The number of hydrogen-bond acceptors (Lipinski definition) is 2. The van der Waals surface area contributed by atoms with Gasteiger partial charge >= 0.3 is 0 Å². The third-order valence-electron chi connectivity index (χ3n) is 3.52. The first-order valence-electron chi connectivity index (χ1n) is 7.73. The molecule has 0 aliphatic carbocycles. The van der Waals surface area contributed by atoms with Crippen molar-refractivity contribution in [3.05, 3.63) is 82.2 Å². The molecule has 0 bridgehead atoms. The van der Waals surface area contributed by atoms with Gasteiger partial charge in [0.1, 0.15) is 12.1 Å². The number of amides is 1. The molecule has 0 unspecified atom stereocenters. The van der Waals surface area contributed by atoms with E-state index < -0.39 is 11.7 Å². The number of rotatable bonds is 6. The Morgan fingerprint density at radius 2 is 2.00 bits per heavy atom. The monoisotopic (exact) mass is 357 g/mol. The molecule has 2 aromatic rings. The van der Waals surface area contributed by atoms with Gasteiger partial charge in [0.25, 0.3) is 5.91 Å². The van der Waals surface area contributed by atoms with Crippen LogP contribution in [-0.4, -0.2) is 12.2 Å². The van der Waals surface area contributed by atoms with E-state index in [1.54, 1.807) is 36.4 Å². The number of aryl methyl sites for hydroxylation is 1. The van der Waals surface area contributed by atoms with Gasteiger partial charge in [0.15, 0.2) is 0 Å². The van der Waals surface area contributed by atoms with E-state index in [0.717, 1.165) is 5.56 Å². The second-order valence-electron chi connectivity index (χ2n) is 5.24. The van der Waals surface area contributed by atoms with Gasteiger partial charge in [0, 0.05) is 11.1 Å². The fourth-order valence-electron chi connectivity index (χ4n) is 2.16. The summed E-state index contributed by atoms with van der Waals surface area (Å²) in [7, 11) is 0. The number of anilines is 1. The van der Waals surface area contributed by atoms with Gasteiger partial charge < -0.3 is 5.32 Å². The molecule has 128 valence electrons. The summed E-state index contributed by atoms with van der Waals surface area (Å²) >= 11 is 6.03. The van der Waals surface area contributed by atoms with Crippen LogP contribution in [0.25, 0.3) is 6.08 Å². The van der Waals surface area contributed by atoms with Gasteiger partial charge in [0.2, 0.25) is 0 Å². The van der Waals surface area contributed by atoms with E-state index >= 15 is 0 Å². The van der Waals surface area contributed by atoms with Crippen molar-refractivity contribution in [2.24, 2.45) is 0 Å². The number of benzene rings is 2. The summed E-state index contributed by atoms with van der Waals surface area (Å²) in [6.45, 7) is 1.93. The molecule has 1 amide bonds. The molecular weight excluding hydrogens is 341 g/mol. The number of para-hydroxylation sites is 1. The number of carbonyl (C=O) groups is 2. The van der Waals surface area contributed by atoms with Crippen LogP contribution in [0.3, 0.4) is 0 Å². The molecule has 0 heterocycles. The van der Waals surface area contributed by atoms with Crippen molar-refractivity contribution in [1.29, 1.82) is 0 Å². The number of allylic oxidation sites excluding steroid dienone is 1. The Kier molecular flexibility index (Phi) is 6.66. The van der Waals surface area contributed by atoms with E-state index in [2.05, 4.69) is 5.32 Å². The van der Waals surface area contributed by atoms with Gasteiger partial charge in [-0.3, -0.25) is 9.59 Å². The van der Waals surface area contributed by atoms with Crippen molar-refractivity contribution in [1.82, 2.24) is 0 Å². The Hall–Kier alpha value is -2.72. The lowest BCUT2D eigenvalue weighted by atomic mass is 10.1. The van der Waals surface area contributed by atoms with Crippen LogP contribution in [0.4, 0.5) is 10.1 Å². The quantitative estimate of drug-likeness (QED) is 0.457. The lowest BCUT2D eigenvalue weighted by Crippen LogP contribution is -2.13. The van der Waals surface area contributed by atoms with E-state index in [1.165, 1.54) is 24.3 Å². The topological polar surface area (TPSA) is 46.2 Å². The zero-order chi connectivity index (χ0) is 18.2. The summed E-state index contributed by atoms with van der Waals surface area (Å²) in [5, 5.41) is 3.04. The number of aldehydes is 1. The minimum atomic E-state index is -0.495. The molecule has 2 aromatic carbocycles. The highest BCUT2D eigenvalue weighted by atomic mass is 35.5. The molecule has 1 N–H and O–H groups in total. The summed E-state index contributed by atoms with van der Waals surface area (Å²) in [5.74, 6) is -0.924. The van der Waals surface area contributed by atoms with E-state index in [0.29, 0.717) is 23.4 Å². The van der Waals surface area contributed by atoms with Crippen LogP contribution < -0.4 is 5.32 Å². The van der Waals surface area contributed by atoms with Gasteiger partial charge in [-0.25, -0.2) is 4.39 Å². The summed E-state index contributed by atoms with van der Waals surface area (Å²) in [4.78, 5) is 23.1. The molecule has 0 saturated carbocycles. The summed E-state index contributed by atoms with van der Waals surface area (Å²) in [6, 6.07) is 11.6. The largest absolute Gasteiger partial charge is 0.321 e. The number of halogens is 2. The van der Waals surface area contributed by atoms with Crippen molar-refractivity contribution in [3.8, 4) is 0 Å². The Labute approximate surface area is 150 Å². The fourth-order valence-corrected chi connectivity index (χ4v) is 2.35. The minimum Gasteiger partial charge on any atom is -0.321 e. The third-order valence-corrected chi connectivity index (χ3v) is 3.85. The van der Waals surface area contributed by atoms with Crippen LogP contribution in [0, 0.1) is 5.82 Å². The molecule has 5 heteroatoms. The smallest absolute Gasteiger partial charge is 0.255 e. The van der Waals surface area contributed by atoms with E-state index in [1.807, 2.05) is 6.92 Å². The molecule has 2 rings (SSSR count). The van der Waals surface area contributed by atoms with Crippen LogP contribution in [0.15, 0.2) is 60.2 Å². The molecule has 3 nitrogen and oxygen atoms in total. The van der Waals surface area contributed by atoms with Gasteiger partial charge in [0.05, 0.1) is 10.7 Å². The molecule has 0 atom stereocenters. The maximum atomic E-state index is 14.2. The van der Waals surface area contributed by atoms with Crippen LogP contribution in [0.5, 0.6) is 0 Å². The lowest BCUT2D eigenvalue weighted by Gasteiger charge is -2.08. The second-order valence-corrected chi connectivity index (χ2v) is 5.65. The average Bonchev–Trinajstić information content (AvgIpc) is 2.61. The molecule has 0 aliphatic heterocycles. The first-order chi connectivity index (χ1) is 12.0. The Balaban J connectivity index is 2.35. The van der Waals surface area contributed by atoms with Crippen LogP contribution in [-0.2, 0) is 16.0 Å². The third kappa shape index (κ3) is 5.13. The first kappa shape index (κ1) is 18.6. The standard InChI is InChI=1S/C20H17ClFNO2/c1-2-14-9-10-15(18(22)12-14)13-16(6-5-11-24)20(25)23-19-8-4-3-7-17(19)21/h3-13H,2H2,1H3,(H,23,25)/b6-5-,16-13-. The van der Waals surface area contributed by atoms with Gasteiger partial charge in [-0.15, -0.1) is 0 Å². The normalized spacial score (nSPS) is 11.6. The molecule has 25 heavy (non-hydrogen) atoms. The summed E-state index contributed by atoms with van der Waals surface area (Å²) in [6.07, 6.45) is 5.16. The predicted molar refractivity (Wildman–Crippen MR) is 99.0 cm³/mol. The fraction of sp³-hybridized carbons (Fsp3) is 0.100. The lowest BCUT2D eigenvalue weighted by molar-refractivity contribution is -0.112. The Morgan fingerprint density at radius 3 is 2.64 bits per heavy atom. The zero-order valence-electron chi connectivity index (χ0n) is 13.6. The van der Waals surface area contributed by atoms with E-state index in [9.17, 15) is 14.0 Å². The molecular formula is C20H17ClFNO2. The minimum absolute atomic E-state index is 0.134. The molecule has 0 aliphatic rings. The highest BCUT2D eigenvalue weighted by Crippen LogP contribution is 2.22. The van der Waals surface area contributed by atoms with E-state index in [-0.39, 0.29) is 11.1 Å². The Morgan fingerprint density at radius 1 is 1.24 bits per heavy atom. The van der Waals surface area contributed by atoms with Crippen molar-refractivity contribution < 1.29 is 14.0 Å². The molecule has 0 radical (unpaired) electrons. The SMILES string of the molecule is CCc1ccc(/C=C(/C=C\C=O)C(=O)Nc2ccccc2Cl)c(F)c1. The van der Waals surface area contributed by atoms with Crippen LogP contribution in [0.1, 0.15) is 18.1 Å². The highest BCUT2D eigenvalue weighted by Gasteiger charge is 2.11. The number of carbonyl (C=O) groups excluding carboxylic acids is 2. The molecule has 0 aromatic heterocycles. The number of hydrogen-bond donors (Lipinski definition) is 1. The summed E-state index contributed by atoms with van der Waals surface area (Å²) in [5.41, 5.74) is 1.69.